The monoisotopic (exact) mass is 263 g/mol. The molecule has 2 rings (SSSR count). The minimum atomic E-state index is -0.975. The van der Waals surface area contributed by atoms with Gasteiger partial charge in [-0.05, 0) is 25.0 Å². The van der Waals surface area contributed by atoms with Crippen LogP contribution < -0.4 is 5.32 Å². The molecule has 6 heteroatoms. The summed E-state index contributed by atoms with van der Waals surface area (Å²) in [5, 5.41) is 11.9. The highest BCUT2D eigenvalue weighted by Gasteiger charge is 2.17. The van der Waals surface area contributed by atoms with Crippen LogP contribution in [0.3, 0.4) is 0 Å². The van der Waals surface area contributed by atoms with Crippen molar-refractivity contribution in [1.29, 1.82) is 0 Å². The van der Waals surface area contributed by atoms with Crippen LogP contribution in [0.1, 0.15) is 28.9 Å². The van der Waals surface area contributed by atoms with Gasteiger partial charge in [-0.1, -0.05) is 0 Å². The molecular weight excluding hydrogens is 246 g/mol. The van der Waals surface area contributed by atoms with Crippen LogP contribution >= 0.6 is 0 Å². The first-order valence-electron chi connectivity index (χ1n) is 6.33. The summed E-state index contributed by atoms with van der Waals surface area (Å²) in [6.07, 6.45) is 3.62. The summed E-state index contributed by atoms with van der Waals surface area (Å²) in [7, 11) is 0. The molecule has 1 aromatic heterocycles. The van der Waals surface area contributed by atoms with Gasteiger partial charge in [-0.25, -0.2) is 4.79 Å². The van der Waals surface area contributed by atoms with Crippen molar-refractivity contribution < 1.29 is 14.7 Å². The molecule has 0 unspecified atom stereocenters. The first-order chi connectivity index (χ1) is 9.16. The van der Waals surface area contributed by atoms with Crippen LogP contribution in [-0.2, 0) is 11.3 Å². The topological polar surface area (TPSA) is 82.5 Å². The number of hydrogen-bond acceptors (Lipinski definition) is 4. The van der Waals surface area contributed by atoms with E-state index >= 15 is 0 Å². The number of pyridine rings is 1. The van der Waals surface area contributed by atoms with E-state index in [1.807, 2.05) is 4.90 Å². The van der Waals surface area contributed by atoms with Gasteiger partial charge in [-0.15, -0.1) is 0 Å². The molecule has 1 amide bonds. The highest BCUT2D eigenvalue weighted by Crippen LogP contribution is 2.07. The number of aromatic nitrogens is 1. The van der Waals surface area contributed by atoms with E-state index in [0.717, 1.165) is 25.9 Å². The Bertz CT molecular complexity index is 470. The lowest BCUT2D eigenvalue weighted by atomic mass is 10.2. The fourth-order valence-corrected chi connectivity index (χ4v) is 2.08. The van der Waals surface area contributed by atoms with Crippen LogP contribution in [0.4, 0.5) is 0 Å². The van der Waals surface area contributed by atoms with Crippen molar-refractivity contribution in [2.45, 2.75) is 19.4 Å². The van der Waals surface area contributed by atoms with Crippen LogP contribution in [0, 0.1) is 0 Å². The summed E-state index contributed by atoms with van der Waals surface area (Å²) in [5.74, 6) is -0.885. The summed E-state index contributed by atoms with van der Waals surface area (Å²) in [5.41, 5.74) is 0.826. The Balaban J connectivity index is 1.80. The Morgan fingerprint density at radius 3 is 2.79 bits per heavy atom. The van der Waals surface area contributed by atoms with Crippen LogP contribution in [-0.4, -0.2) is 46.5 Å². The number of carboxylic acid groups (broad SMARTS) is 1. The van der Waals surface area contributed by atoms with Gasteiger partial charge in [-0.2, -0.15) is 0 Å². The molecule has 102 valence electrons. The van der Waals surface area contributed by atoms with E-state index in [4.69, 9.17) is 5.11 Å². The molecule has 1 saturated heterocycles. The van der Waals surface area contributed by atoms with Gasteiger partial charge in [0.1, 0.15) is 0 Å². The third-order valence-electron chi connectivity index (χ3n) is 3.10. The molecule has 0 radical (unpaired) electrons. The normalized spacial score (nSPS) is 14.6. The van der Waals surface area contributed by atoms with E-state index in [1.54, 1.807) is 0 Å². The maximum absolute atomic E-state index is 11.8. The lowest BCUT2D eigenvalue weighted by Gasteiger charge is -2.15. The number of hydrogen-bond donors (Lipinski definition) is 2. The molecule has 0 aromatic carbocycles. The molecule has 0 aliphatic carbocycles. The predicted molar refractivity (Wildman–Crippen MR) is 68.7 cm³/mol. The smallest absolute Gasteiger partial charge is 0.335 e. The molecule has 2 heterocycles. The molecule has 19 heavy (non-hydrogen) atoms. The summed E-state index contributed by atoms with van der Waals surface area (Å²) in [6.45, 7) is 2.33. The number of rotatable bonds is 5. The highest BCUT2D eigenvalue weighted by molar-refractivity contribution is 5.87. The maximum Gasteiger partial charge on any atom is 0.335 e. The molecule has 1 aliphatic heterocycles. The van der Waals surface area contributed by atoms with Gasteiger partial charge in [0, 0.05) is 25.8 Å². The Hall–Kier alpha value is -1.95. The predicted octanol–water partition coefficient (Wildman–Crippen LogP) is 0.492. The minimum absolute atomic E-state index is 0.0897. The number of nitrogens with one attached hydrogen (secondary N) is 1. The number of carbonyl (C=O) groups excluding carboxylic acids is 1. The van der Waals surface area contributed by atoms with Gasteiger partial charge >= 0.3 is 5.97 Å². The van der Waals surface area contributed by atoms with Gasteiger partial charge in [-0.3, -0.25) is 9.78 Å². The van der Waals surface area contributed by atoms with E-state index in [9.17, 15) is 9.59 Å². The van der Waals surface area contributed by atoms with Crippen molar-refractivity contribution >= 4 is 11.9 Å². The fraction of sp³-hybridized carbons (Fsp3) is 0.462. The summed E-state index contributed by atoms with van der Waals surface area (Å²) in [6, 6.07) is 2.96. The summed E-state index contributed by atoms with van der Waals surface area (Å²) >= 11 is 0. The van der Waals surface area contributed by atoms with Gasteiger partial charge in [0.25, 0.3) is 0 Å². The standard InChI is InChI=1S/C13H17N3O3/c17-12(16-5-1-2-6-16)9-14-8-11-7-10(13(18)19)3-4-15-11/h3-4,7,14H,1-2,5-6,8-9H2,(H,18,19). The van der Waals surface area contributed by atoms with E-state index in [2.05, 4.69) is 10.3 Å². The highest BCUT2D eigenvalue weighted by atomic mass is 16.4. The van der Waals surface area contributed by atoms with Crippen molar-refractivity contribution in [1.82, 2.24) is 15.2 Å². The number of nitrogens with zero attached hydrogens (tertiary/aromatic N) is 2. The van der Waals surface area contributed by atoms with Gasteiger partial charge in [0.2, 0.25) is 5.91 Å². The average Bonchev–Trinajstić information content (AvgIpc) is 2.93. The van der Waals surface area contributed by atoms with E-state index in [1.165, 1.54) is 18.3 Å². The zero-order valence-electron chi connectivity index (χ0n) is 10.6. The fourth-order valence-electron chi connectivity index (χ4n) is 2.08. The second-order valence-corrected chi connectivity index (χ2v) is 4.53. The Morgan fingerprint density at radius 2 is 2.11 bits per heavy atom. The first kappa shape index (κ1) is 13.5. The number of carboxylic acids is 1. The molecule has 0 atom stereocenters. The van der Waals surface area contributed by atoms with Crippen LogP contribution in [0.15, 0.2) is 18.3 Å². The molecule has 2 N–H and O–H groups in total. The summed E-state index contributed by atoms with van der Waals surface area (Å²) < 4.78 is 0. The minimum Gasteiger partial charge on any atom is -0.478 e. The molecule has 6 nitrogen and oxygen atoms in total. The second-order valence-electron chi connectivity index (χ2n) is 4.53. The largest absolute Gasteiger partial charge is 0.478 e. The molecule has 1 aliphatic rings. The Labute approximate surface area is 111 Å². The molecule has 0 bridgehead atoms. The zero-order chi connectivity index (χ0) is 13.7. The number of likely N-dealkylation sites (tertiary alicyclic amines) is 1. The lowest BCUT2D eigenvalue weighted by molar-refractivity contribution is -0.129. The molecule has 0 spiro atoms. The first-order valence-corrected chi connectivity index (χ1v) is 6.33. The Kier molecular flexibility index (Phi) is 4.46. The van der Waals surface area contributed by atoms with Crippen LogP contribution in [0.5, 0.6) is 0 Å². The molecule has 1 fully saturated rings. The number of carbonyl (C=O) groups is 2. The second kappa shape index (κ2) is 6.29. The zero-order valence-corrected chi connectivity index (χ0v) is 10.6. The van der Waals surface area contributed by atoms with Crippen molar-refractivity contribution in [3.05, 3.63) is 29.6 Å². The summed E-state index contributed by atoms with van der Waals surface area (Å²) in [4.78, 5) is 28.5. The van der Waals surface area contributed by atoms with Gasteiger partial charge in [0.05, 0.1) is 17.8 Å². The number of aromatic carboxylic acids is 1. The van der Waals surface area contributed by atoms with Crippen molar-refractivity contribution in [3.8, 4) is 0 Å². The van der Waals surface area contributed by atoms with E-state index in [-0.39, 0.29) is 18.0 Å². The third kappa shape index (κ3) is 3.75. The number of amides is 1. The third-order valence-corrected chi connectivity index (χ3v) is 3.10. The lowest BCUT2D eigenvalue weighted by Crippen LogP contribution is -2.36. The Morgan fingerprint density at radius 1 is 1.37 bits per heavy atom. The SMILES string of the molecule is O=C(O)c1ccnc(CNCC(=O)N2CCCC2)c1. The van der Waals surface area contributed by atoms with E-state index in [0.29, 0.717) is 12.2 Å². The van der Waals surface area contributed by atoms with Gasteiger partial charge < -0.3 is 15.3 Å². The average molecular weight is 263 g/mol. The van der Waals surface area contributed by atoms with Crippen LogP contribution in [0.25, 0.3) is 0 Å². The van der Waals surface area contributed by atoms with Crippen LogP contribution in [0.2, 0.25) is 0 Å². The van der Waals surface area contributed by atoms with E-state index < -0.39 is 5.97 Å². The van der Waals surface area contributed by atoms with Crippen molar-refractivity contribution in [2.24, 2.45) is 0 Å². The molecule has 0 saturated carbocycles. The molecule has 1 aromatic rings. The van der Waals surface area contributed by atoms with Gasteiger partial charge in [0.15, 0.2) is 0 Å². The maximum atomic E-state index is 11.8. The van der Waals surface area contributed by atoms with Crippen molar-refractivity contribution in [2.75, 3.05) is 19.6 Å². The quantitative estimate of drug-likeness (QED) is 0.808. The molecular formula is C13H17N3O3. The van der Waals surface area contributed by atoms with Crippen molar-refractivity contribution in [3.63, 3.8) is 0 Å².